The molecule has 0 aliphatic rings. The minimum atomic E-state index is -0.699. The average Bonchev–Trinajstić information content (AvgIpc) is 1.35. The lowest BCUT2D eigenvalue weighted by Crippen LogP contribution is -1.83. The van der Waals surface area contributed by atoms with Gasteiger partial charge >= 0.3 is 0 Å². The summed E-state index contributed by atoms with van der Waals surface area (Å²) in [7, 11) is 0. The summed E-state index contributed by atoms with van der Waals surface area (Å²) in [6, 6.07) is 0. The van der Waals surface area contributed by atoms with Gasteiger partial charge in [0.05, 0.1) is 6.21 Å². The van der Waals surface area contributed by atoms with Crippen molar-refractivity contribution < 1.29 is 5.21 Å². The molecule has 4 heteroatoms. The van der Waals surface area contributed by atoms with Gasteiger partial charge in [-0.15, -0.1) is 0 Å². The van der Waals surface area contributed by atoms with E-state index in [1.165, 1.54) is 0 Å². The van der Waals surface area contributed by atoms with Crippen molar-refractivity contribution in [1.82, 2.24) is 0 Å². The van der Waals surface area contributed by atoms with E-state index in [9.17, 15) is 0 Å². The van der Waals surface area contributed by atoms with Crippen LogP contribution in [0.3, 0.4) is 0 Å². The van der Waals surface area contributed by atoms with E-state index in [2.05, 4.69) is 5.16 Å². The SMILES string of the molecule is ON=CC(Cl)Cl. The van der Waals surface area contributed by atoms with E-state index in [0.717, 1.165) is 6.21 Å². The molecule has 0 radical (unpaired) electrons. The molecule has 0 amide bonds. The van der Waals surface area contributed by atoms with Crippen LogP contribution in [0.25, 0.3) is 0 Å². The number of rotatable bonds is 1. The highest BCUT2D eigenvalue weighted by molar-refractivity contribution is 6.51. The Bertz CT molecular complexity index is 53.5. The molecule has 0 aromatic rings. The molecule has 6 heavy (non-hydrogen) atoms. The van der Waals surface area contributed by atoms with Crippen LogP contribution in [0.15, 0.2) is 5.16 Å². The molecule has 0 aliphatic heterocycles. The molecular weight excluding hydrogens is 125 g/mol. The van der Waals surface area contributed by atoms with E-state index >= 15 is 0 Å². The molecule has 0 bridgehead atoms. The Hall–Kier alpha value is 0.0500. The van der Waals surface area contributed by atoms with Crippen LogP contribution in [0.5, 0.6) is 0 Å². The summed E-state index contributed by atoms with van der Waals surface area (Å²) in [6.45, 7) is 0. The third kappa shape index (κ3) is 4.05. The molecule has 0 saturated heterocycles. The number of hydrogen-bond acceptors (Lipinski definition) is 2. The normalized spacial score (nSPS) is 11.2. The van der Waals surface area contributed by atoms with Crippen molar-refractivity contribution in [2.45, 2.75) is 4.84 Å². The Balaban J connectivity index is 3.03. The van der Waals surface area contributed by atoms with Gasteiger partial charge < -0.3 is 5.21 Å². The molecule has 0 unspecified atom stereocenters. The average molecular weight is 128 g/mol. The zero-order valence-corrected chi connectivity index (χ0v) is 4.32. The highest BCUT2D eigenvalue weighted by atomic mass is 35.5. The van der Waals surface area contributed by atoms with Gasteiger partial charge in [-0.25, -0.2) is 0 Å². The first-order chi connectivity index (χ1) is 2.77. The van der Waals surface area contributed by atoms with Crippen molar-refractivity contribution in [2.24, 2.45) is 5.16 Å². The van der Waals surface area contributed by atoms with Gasteiger partial charge in [-0.2, -0.15) is 0 Å². The van der Waals surface area contributed by atoms with Crippen molar-refractivity contribution in [1.29, 1.82) is 0 Å². The zero-order chi connectivity index (χ0) is 4.99. The summed E-state index contributed by atoms with van der Waals surface area (Å²) in [5.74, 6) is 0. The van der Waals surface area contributed by atoms with Gasteiger partial charge in [0.25, 0.3) is 0 Å². The fraction of sp³-hybridized carbons (Fsp3) is 0.500. The second-order valence-electron chi connectivity index (χ2n) is 0.599. The van der Waals surface area contributed by atoms with Crippen LogP contribution in [0.4, 0.5) is 0 Å². The standard InChI is InChI=1S/C2H3Cl2NO/c3-2(4)1-5-6/h1-2,6H. The fourth-order valence-electron chi connectivity index (χ4n) is 0.0504. The summed E-state index contributed by atoms with van der Waals surface area (Å²) >= 11 is 10.1. The Kier molecular flexibility index (Phi) is 3.28. The molecule has 0 fully saturated rings. The Morgan fingerprint density at radius 1 is 1.67 bits per heavy atom. The predicted molar refractivity (Wildman–Crippen MR) is 25.8 cm³/mol. The zero-order valence-electron chi connectivity index (χ0n) is 2.81. The van der Waals surface area contributed by atoms with Crippen molar-refractivity contribution in [2.75, 3.05) is 0 Å². The van der Waals surface area contributed by atoms with Gasteiger partial charge in [0.2, 0.25) is 0 Å². The van der Waals surface area contributed by atoms with E-state index in [0.29, 0.717) is 0 Å². The Morgan fingerprint density at radius 2 is 2.17 bits per heavy atom. The Labute approximate surface area is 45.4 Å². The first-order valence-electron chi connectivity index (χ1n) is 1.23. The van der Waals surface area contributed by atoms with Crippen LogP contribution in [0, 0.1) is 0 Å². The van der Waals surface area contributed by atoms with Crippen LogP contribution in [0.1, 0.15) is 0 Å². The molecule has 1 N–H and O–H groups in total. The molecule has 0 spiro atoms. The van der Waals surface area contributed by atoms with Gasteiger partial charge in [0.1, 0.15) is 4.84 Å². The van der Waals surface area contributed by atoms with E-state index in [-0.39, 0.29) is 0 Å². The van der Waals surface area contributed by atoms with Crippen molar-refractivity contribution >= 4 is 29.4 Å². The van der Waals surface area contributed by atoms with Gasteiger partial charge in [0.15, 0.2) is 0 Å². The first-order valence-corrected chi connectivity index (χ1v) is 2.10. The van der Waals surface area contributed by atoms with Crippen LogP contribution in [0.2, 0.25) is 0 Å². The third-order valence-electron chi connectivity index (χ3n) is 0.179. The largest absolute Gasteiger partial charge is 0.411 e. The Morgan fingerprint density at radius 3 is 2.17 bits per heavy atom. The summed E-state index contributed by atoms with van der Waals surface area (Å²) in [6.07, 6.45) is 1.00. The molecule has 0 aromatic carbocycles. The minimum Gasteiger partial charge on any atom is -0.411 e. The third-order valence-corrected chi connectivity index (χ3v) is 0.405. The quantitative estimate of drug-likeness (QED) is 0.245. The van der Waals surface area contributed by atoms with Crippen LogP contribution >= 0.6 is 23.2 Å². The van der Waals surface area contributed by atoms with Crippen molar-refractivity contribution in [3.05, 3.63) is 0 Å². The highest BCUT2D eigenvalue weighted by Gasteiger charge is 1.86. The minimum absolute atomic E-state index is 0.699. The van der Waals surface area contributed by atoms with E-state index < -0.39 is 4.84 Å². The summed E-state index contributed by atoms with van der Waals surface area (Å²) < 4.78 is 0. The van der Waals surface area contributed by atoms with Crippen LogP contribution in [-0.4, -0.2) is 16.3 Å². The van der Waals surface area contributed by atoms with Crippen molar-refractivity contribution in [3.8, 4) is 0 Å². The van der Waals surface area contributed by atoms with Crippen LogP contribution in [-0.2, 0) is 0 Å². The number of halogens is 2. The van der Waals surface area contributed by atoms with E-state index in [4.69, 9.17) is 28.4 Å². The van der Waals surface area contributed by atoms with Crippen molar-refractivity contribution in [3.63, 3.8) is 0 Å². The van der Waals surface area contributed by atoms with E-state index in [1.54, 1.807) is 0 Å². The number of oxime groups is 1. The summed E-state index contributed by atoms with van der Waals surface area (Å²) in [4.78, 5) is -0.699. The maximum absolute atomic E-state index is 7.64. The fourth-order valence-corrected chi connectivity index (χ4v) is 0.151. The molecule has 36 valence electrons. The second kappa shape index (κ2) is 3.25. The number of hydrogen-bond donors (Lipinski definition) is 1. The first kappa shape index (κ1) is 6.05. The number of alkyl halides is 2. The van der Waals surface area contributed by atoms with E-state index in [1.807, 2.05) is 0 Å². The lowest BCUT2D eigenvalue weighted by molar-refractivity contribution is 0.321. The molecule has 2 nitrogen and oxygen atoms in total. The van der Waals surface area contributed by atoms with Gasteiger partial charge in [-0.1, -0.05) is 28.4 Å². The smallest absolute Gasteiger partial charge is 0.146 e. The molecule has 0 aromatic heterocycles. The van der Waals surface area contributed by atoms with Gasteiger partial charge in [-0.3, -0.25) is 0 Å². The maximum atomic E-state index is 7.64. The van der Waals surface area contributed by atoms with Crippen LogP contribution < -0.4 is 0 Å². The monoisotopic (exact) mass is 127 g/mol. The maximum Gasteiger partial charge on any atom is 0.146 e. The molecular formula is C2H3Cl2NO. The molecule has 0 rings (SSSR count). The molecule has 0 saturated carbocycles. The molecule has 0 aliphatic carbocycles. The number of nitrogens with zero attached hydrogens (tertiary/aromatic N) is 1. The molecule has 0 atom stereocenters. The highest BCUT2D eigenvalue weighted by Crippen LogP contribution is 1.94. The lowest BCUT2D eigenvalue weighted by Gasteiger charge is -1.78. The topological polar surface area (TPSA) is 32.6 Å². The molecule has 0 heterocycles. The second-order valence-corrected chi connectivity index (χ2v) is 1.76. The predicted octanol–water partition coefficient (Wildman–Crippen LogP) is 1.25. The van der Waals surface area contributed by atoms with Gasteiger partial charge in [0, 0.05) is 0 Å². The summed E-state index contributed by atoms with van der Waals surface area (Å²) in [5.41, 5.74) is 0. The summed E-state index contributed by atoms with van der Waals surface area (Å²) in [5, 5.41) is 10.2. The van der Waals surface area contributed by atoms with Gasteiger partial charge in [-0.05, 0) is 0 Å². The lowest BCUT2D eigenvalue weighted by atomic mass is 10.9.